The molecule has 0 radical (unpaired) electrons. The Hall–Kier alpha value is -2.45. The predicted molar refractivity (Wildman–Crippen MR) is 98.2 cm³/mol. The Balaban J connectivity index is 1.75. The van der Waals surface area contributed by atoms with Crippen LogP contribution in [0.15, 0.2) is 42.5 Å². The highest BCUT2D eigenvalue weighted by Gasteiger charge is 2.25. The number of fused-ring (bicyclic) bond motifs is 1. The SMILES string of the molecule is CS(=O)(=O)N1CCOc2cc(NC(=O)Nc3cccc(Cl)c3)ccc21. The molecular weight excluding hydrogens is 366 g/mol. The fourth-order valence-electron chi connectivity index (χ4n) is 2.48. The van der Waals surface area contributed by atoms with Gasteiger partial charge < -0.3 is 15.4 Å². The predicted octanol–water partition coefficient (Wildman–Crippen LogP) is 3.14. The molecule has 1 heterocycles. The average molecular weight is 382 g/mol. The number of carbonyl (C=O) groups is 1. The van der Waals surface area contributed by atoms with Crippen molar-refractivity contribution in [1.29, 1.82) is 0 Å². The van der Waals surface area contributed by atoms with Gasteiger partial charge in [-0.3, -0.25) is 4.31 Å². The van der Waals surface area contributed by atoms with Crippen molar-refractivity contribution in [2.24, 2.45) is 0 Å². The molecule has 0 bridgehead atoms. The lowest BCUT2D eigenvalue weighted by Crippen LogP contribution is -2.37. The average Bonchev–Trinajstić information content (AvgIpc) is 2.53. The normalized spacial score (nSPS) is 13.6. The summed E-state index contributed by atoms with van der Waals surface area (Å²) in [6.45, 7) is 0.506. The Morgan fingerprint density at radius 3 is 2.56 bits per heavy atom. The number of benzene rings is 2. The summed E-state index contributed by atoms with van der Waals surface area (Å²) in [5, 5.41) is 5.85. The minimum Gasteiger partial charge on any atom is -0.489 e. The topological polar surface area (TPSA) is 87.7 Å². The van der Waals surface area contributed by atoms with Crippen molar-refractivity contribution in [2.75, 3.05) is 34.3 Å². The van der Waals surface area contributed by atoms with Crippen molar-refractivity contribution in [2.45, 2.75) is 0 Å². The summed E-state index contributed by atoms with van der Waals surface area (Å²) in [6.07, 6.45) is 1.15. The minimum absolute atomic E-state index is 0.248. The maximum atomic E-state index is 12.1. The third-order valence-electron chi connectivity index (χ3n) is 3.52. The molecule has 7 nitrogen and oxygen atoms in total. The Morgan fingerprint density at radius 1 is 1.16 bits per heavy atom. The number of amides is 2. The second-order valence-corrected chi connectivity index (χ2v) is 7.80. The second-order valence-electron chi connectivity index (χ2n) is 5.46. The van der Waals surface area contributed by atoms with Gasteiger partial charge in [0.2, 0.25) is 10.0 Å². The number of nitrogens with zero attached hydrogens (tertiary/aromatic N) is 1. The zero-order valence-corrected chi connectivity index (χ0v) is 14.9. The number of urea groups is 1. The maximum Gasteiger partial charge on any atom is 0.323 e. The van der Waals surface area contributed by atoms with Crippen LogP contribution in [0.5, 0.6) is 5.75 Å². The molecule has 2 aromatic carbocycles. The van der Waals surface area contributed by atoms with Crippen molar-refractivity contribution in [3.63, 3.8) is 0 Å². The van der Waals surface area contributed by atoms with E-state index in [-0.39, 0.29) is 13.2 Å². The Kier molecular flexibility index (Phi) is 4.73. The molecular formula is C16H16ClN3O4S. The van der Waals surface area contributed by atoms with Gasteiger partial charge in [0, 0.05) is 22.5 Å². The molecule has 2 N–H and O–H groups in total. The van der Waals surface area contributed by atoms with Crippen molar-refractivity contribution >= 4 is 44.7 Å². The van der Waals surface area contributed by atoms with E-state index in [9.17, 15) is 13.2 Å². The van der Waals surface area contributed by atoms with Crippen molar-refractivity contribution in [1.82, 2.24) is 0 Å². The monoisotopic (exact) mass is 381 g/mol. The first-order valence-electron chi connectivity index (χ1n) is 7.41. The van der Waals surface area contributed by atoms with Crippen LogP contribution < -0.4 is 19.7 Å². The zero-order valence-electron chi connectivity index (χ0n) is 13.3. The number of carbonyl (C=O) groups excluding carboxylic acids is 1. The molecule has 1 aliphatic heterocycles. The lowest BCUT2D eigenvalue weighted by Gasteiger charge is -2.29. The largest absolute Gasteiger partial charge is 0.489 e. The highest BCUT2D eigenvalue weighted by atomic mass is 35.5. The van der Waals surface area contributed by atoms with E-state index >= 15 is 0 Å². The number of hydrogen-bond donors (Lipinski definition) is 2. The fraction of sp³-hybridized carbons (Fsp3) is 0.188. The summed E-state index contributed by atoms with van der Waals surface area (Å²) in [5.41, 5.74) is 1.49. The lowest BCUT2D eigenvalue weighted by atomic mass is 10.2. The van der Waals surface area contributed by atoms with E-state index in [1.165, 1.54) is 4.31 Å². The van der Waals surface area contributed by atoms with Crippen LogP contribution in [0.1, 0.15) is 0 Å². The number of anilines is 3. The molecule has 132 valence electrons. The molecule has 0 atom stereocenters. The highest BCUT2D eigenvalue weighted by molar-refractivity contribution is 7.92. The van der Waals surface area contributed by atoms with Gasteiger partial charge in [-0.1, -0.05) is 17.7 Å². The Labute approximate surface area is 150 Å². The van der Waals surface area contributed by atoms with Crippen LogP contribution in [0, 0.1) is 0 Å². The lowest BCUT2D eigenvalue weighted by molar-refractivity contribution is 0.262. The summed E-state index contributed by atoms with van der Waals surface area (Å²) >= 11 is 5.88. The molecule has 0 saturated heterocycles. The van der Waals surface area contributed by atoms with Crippen LogP contribution in [0.2, 0.25) is 5.02 Å². The van der Waals surface area contributed by atoms with E-state index in [1.54, 1.807) is 42.5 Å². The summed E-state index contributed by atoms with van der Waals surface area (Å²) < 4.78 is 30.4. The van der Waals surface area contributed by atoms with Gasteiger partial charge in [-0.05, 0) is 30.3 Å². The minimum atomic E-state index is -3.38. The van der Waals surface area contributed by atoms with Crippen LogP contribution in [0.25, 0.3) is 0 Å². The second kappa shape index (κ2) is 6.81. The molecule has 2 aromatic rings. The first-order chi connectivity index (χ1) is 11.8. The number of hydrogen-bond acceptors (Lipinski definition) is 4. The van der Waals surface area contributed by atoms with Crippen molar-refractivity contribution in [3.05, 3.63) is 47.5 Å². The van der Waals surface area contributed by atoms with E-state index in [0.717, 1.165) is 6.26 Å². The van der Waals surface area contributed by atoms with E-state index in [1.807, 2.05) is 0 Å². The molecule has 0 spiro atoms. The summed E-state index contributed by atoms with van der Waals surface area (Å²) in [5.74, 6) is 0.400. The van der Waals surface area contributed by atoms with E-state index in [0.29, 0.717) is 27.8 Å². The molecule has 0 aromatic heterocycles. The van der Waals surface area contributed by atoms with E-state index in [2.05, 4.69) is 10.6 Å². The van der Waals surface area contributed by atoms with Gasteiger partial charge in [0.15, 0.2) is 0 Å². The number of halogens is 1. The van der Waals surface area contributed by atoms with Gasteiger partial charge in [0.25, 0.3) is 0 Å². The van der Waals surface area contributed by atoms with Gasteiger partial charge in [0.1, 0.15) is 12.4 Å². The molecule has 0 fully saturated rings. The summed E-state index contributed by atoms with van der Waals surface area (Å²) in [6, 6.07) is 11.1. The zero-order chi connectivity index (χ0) is 18.0. The van der Waals surface area contributed by atoms with Crippen molar-refractivity contribution in [3.8, 4) is 5.75 Å². The fourth-order valence-corrected chi connectivity index (χ4v) is 3.58. The van der Waals surface area contributed by atoms with Crippen LogP contribution in [0.3, 0.4) is 0 Å². The molecule has 0 unspecified atom stereocenters. The smallest absolute Gasteiger partial charge is 0.323 e. The molecule has 0 saturated carbocycles. The van der Waals surface area contributed by atoms with Gasteiger partial charge in [0.05, 0.1) is 18.5 Å². The van der Waals surface area contributed by atoms with E-state index < -0.39 is 16.1 Å². The first kappa shape index (κ1) is 17.4. The Morgan fingerprint density at radius 2 is 1.88 bits per heavy atom. The number of ether oxygens (including phenoxy) is 1. The van der Waals surface area contributed by atoms with Crippen LogP contribution in [-0.2, 0) is 10.0 Å². The number of sulfonamides is 1. The number of rotatable bonds is 3. The highest BCUT2D eigenvalue weighted by Crippen LogP contribution is 2.35. The quantitative estimate of drug-likeness (QED) is 0.854. The van der Waals surface area contributed by atoms with Crippen LogP contribution in [0.4, 0.5) is 21.9 Å². The third kappa shape index (κ3) is 4.15. The third-order valence-corrected chi connectivity index (χ3v) is 4.94. The molecule has 2 amide bonds. The Bertz CT molecular complexity index is 917. The maximum absolute atomic E-state index is 12.1. The molecule has 9 heteroatoms. The summed E-state index contributed by atoms with van der Waals surface area (Å²) in [4.78, 5) is 12.1. The molecule has 0 aliphatic carbocycles. The molecule has 3 rings (SSSR count). The van der Waals surface area contributed by atoms with Gasteiger partial charge in [-0.15, -0.1) is 0 Å². The van der Waals surface area contributed by atoms with Crippen LogP contribution in [-0.4, -0.2) is 33.9 Å². The molecule has 25 heavy (non-hydrogen) atoms. The van der Waals surface area contributed by atoms with Gasteiger partial charge >= 0.3 is 6.03 Å². The van der Waals surface area contributed by atoms with Crippen LogP contribution >= 0.6 is 11.6 Å². The standard InChI is InChI=1S/C16H16ClN3O4S/c1-25(22,23)20-7-8-24-15-10-13(5-6-14(15)20)19-16(21)18-12-4-2-3-11(17)9-12/h2-6,9-10H,7-8H2,1H3,(H2,18,19,21). The first-order valence-corrected chi connectivity index (χ1v) is 9.64. The van der Waals surface area contributed by atoms with Gasteiger partial charge in [-0.25, -0.2) is 13.2 Å². The number of nitrogens with one attached hydrogen (secondary N) is 2. The van der Waals surface area contributed by atoms with Crippen molar-refractivity contribution < 1.29 is 17.9 Å². The summed E-state index contributed by atoms with van der Waals surface area (Å²) in [7, 11) is -3.38. The molecule has 1 aliphatic rings. The van der Waals surface area contributed by atoms with Gasteiger partial charge in [-0.2, -0.15) is 0 Å². The van der Waals surface area contributed by atoms with E-state index in [4.69, 9.17) is 16.3 Å².